The minimum Gasteiger partial charge on any atom is -0.469 e. The van der Waals surface area contributed by atoms with Crippen LogP contribution in [0.4, 0.5) is 0 Å². The number of aliphatic hydroxyl groups excluding tert-OH is 2. The molecule has 18 heavy (non-hydrogen) atoms. The van der Waals surface area contributed by atoms with Gasteiger partial charge in [0.05, 0.1) is 12.7 Å². The van der Waals surface area contributed by atoms with Crippen molar-refractivity contribution >= 4 is 11.9 Å². The van der Waals surface area contributed by atoms with Crippen molar-refractivity contribution in [1.29, 1.82) is 0 Å². The van der Waals surface area contributed by atoms with Crippen LogP contribution in [-0.2, 0) is 19.1 Å². The number of rotatable bonds is 1. The van der Waals surface area contributed by atoms with Gasteiger partial charge in [0, 0.05) is 0 Å². The molecule has 0 aromatic rings. The largest absolute Gasteiger partial charge is 0.469 e. The molecule has 1 aliphatic carbocycles. The molecule has 4 atom stereocenters. The number of fused-ring (bicyclic) bond motifs is 1. The monoisotopic (exact) mass is 258 g/mol. The fourth-order valence-corrected chi connectivity index (χ4v) is 2.54. The van der Waals surface area contributed by atoms with E-state index in [0.717, 1.165) is 7.11 Å². The molecule has 0 aromatic carbocycles. The summed E-state index contributed by atoms with van der Waals surface area (Å²) >= 11 is 0. The first-order valence-electron chi connectivity index (χ1n) is 5.40. The average molecular weight is 258 g/mol. The Bertz CT molecular complexity index is 441. The number of carbonyl (C=O) groups is 2. The molecule has 1 heterocycles. The number of esters is 2. The van der Waals surface area contributed by atoms with Crippen molar-refractivity contribution in [3.63, 3.8) is 0 Å². The highest BCUT2D eigenvalue weighted by molar-refractivity contribution is 5.96. The van der Waals surface area contributed by atoms with Crippen LogP contribution in [0.3, 0.4) is 0 Å². The fourth-order valence-electron chi connectivity index (χ4n) is 2.54. The molecular weight excluding hydrogens is 244 g/mol. The van der Waals surface area contributed by atoms with Gasteiger partial charge in [0.2, 0.25) is 0 Å². The van der Waals surface area contributed by atoms with Crippen molar-refractivity contribution in [1.82, 2.24) is 0 Å². The van der Waals surface area contributed by atoms with E-state index in [1.54, 1.807) is 0 Å². The van der Waals surface area contributed by atoms with Crippen LogP contribution in [0.5, 0.6) is 0 Å². The summed E-state index contributed by atoms with van der Waals surface area (Å²) in [6.07, 6.45) is -3.08. The van der Waals surface area contributed by atoms with Crippen LogP contribution in [0.2, 0.25) is 0 Å². The second kappa shape index (κ2) is 4.04. The maximum atomic E-state index is 11.6. The summed E-state index contributed by atoms with van der Waals surface area (Å²) < 4.78 is 9.29. The van der Waals surface area contributed by atoms with Gasteiger partial charge in [-0.3, -0.25) is 4.79 Å². The van der Waals surface area contributed by atoms with E-state index in [4.69, 9.17) is 4.74 Å². The molecule has 0 bridgehead atoms. The number of hydrogen-bond acceptors (Lipinski definition) is 7. The summed E-state index contributed by atoms with van der Waals surface area (Å²) in [5.41, 5.74) is -2.32. The highest BCUT2D eigenvalue weighted by Crippen LogP contribution is 2.44. The normalized spacial score (nSPS) is 39.4. The number of ether oxygens (including phenoxy) is 2. The molecule has 1 saturated heterocycles. The van der Waals surface area contributed by atoms with Crippen LogP contribution in [0.1, 0.15) is 6.92 Å². The summed E-state index contributed by atoms with van der Waals surface area (Å²) in [5.74, 6) is -2.91. The summed E-state index contributed by atoms with van der Waals surface area (Å²) in [5, 5.41) is 30.1. The van der Waals surface area contributed by atoms with Crippen molar-refractivity contribution < 1.29 is 34.4 Å². The van der Waals surface area contributed by atoms with Crippen molar-refractivity contribution in [2.24, 2.45) is 5.92 Å². The van der Waals surface area contributed by atoms with Gasteiger partial charge in [-0.15, -0.1) is 0 Å². The zero-order valence-electron chi connectivity index (χ0n) is 9.91. The molecule has 1 fully saturated rings. The maximum Gasteiger partial charge on any atom is 0.337 e. The predicted molar refractivity (Wildman–Crippen MR) is 56.1 cm³/mol. The lowest BCUT2D eigenvalue weighted by molar-refractivity contribution is -0.184. The maximum absolute atomic E-state index is 11.6. The minimum absolute atomic E-state index is 0.101. The topological polar surface area (TPSA) is 113 Å². The number of hydrogen-bond donors (Lipinski definition) is 3. The molecule has 7 heteroatoms. The lowest BCUT2D eigenvalue weighted by Gasteiger charge is -2.38. The van der Waals surface area contributed by atoms with Crippen LogP contribution in [-0.4, -0.2) is 58.8 Å². The number of aliphatic hydroxyl groups is 3. The van der Waals surface area contributed by atoms with E-state index < -0.39 is 42.3 Å². The van der Waals surface area contributed by atoms with Gasteiger partial charge in [0.1, 0.15) is 30.3 Å². The van der Waals surface area contributed by atoms with E-state index in [-0.39, 0.29) is 11.1 Å². The molecular formula is C11H14O7. The van der Waals surface area contributed by atoms with Crippen LogP contribution in [0, 0.1) is 5.92 Å². The fraction of sp³-hybridized carbons (Fsp3) is 0.636. The molecule has 0 aromatic heterocycles. The average Bonchev–Trinajstić information content (AvgIpc) is 2.52. The number of carbonyl (C=O) groups excluding carboxylic acids is 2. The Morgan fingerprint density at radius 3 is 2.67 bits per heavy atom. The molecule has 100 valence electrons. The van der Waals surface area contributed by atoms with Crippen molar-refractivity contribution in [2.45, 2.75) is 24.7 Å². The molecule has 2 rings (SSSR count). The lowest BCUT2D eigenvalue weighted by Crippen LogP contribution is -2.59. The van der Waals surface area contributed by atoms with E-state index in [9.17, 15) is 24.9 Å². The predicted octanol–water partition coefficient (Wildman–Crippen LogP) is -1.88. The lowest BCUT2D eigenvalue weighted by atomic mass is 9.78. The van der Waals surface area contributed by atoms with E-state index >= 15 is 0 Å². The standard InChI is InChI=1S/C11H14O7/c1-4-6-10(15)18-3-5(9(14)17-2)11(6,16)8(13)7(4)12/h5,7-8,12-13,16H,3H2,1-2H3. The molecule has 4 unspecified atom stereocenters. The zero-order chi connectivity index (χ0) is 13.7. The highest BCUT2D eigenvalue weighted by atomic mass is 16.6. The number of cyclic esters (lactones) is 1. The van der Waals surface area contributed by atoms with Crippen molar-refractivity contribution in [2.75, 3.05) is 13.7 Å². The van der Waals surface area contributed by atoms with Crippen LogP contribution < -0.4 is 0 Å². The van der Waals surface area contributed by atoms with Crippen molar-refractivity contribution in [3.05, 3.63) is 11.1 Å². The molecule has 0 amide bonds. The van der Waals surface area contributed by atoms with E-state index in [1.807, 2.05) is 0 Å². The van der Waals surface area contributed by atoms with Gasteiger partial charge in [0.25, 0.3) is 0 Å². The summed E-state index contributed by atoms with van der Waals surface area (Å²) in [7, 11) is 1.12. The summed E-state index contributed by atoms with van der Waals surface area (Å²) in [6, 6.07) is 0. The van der Waals surface area contributed by atoms with Gasteiger partial charge in [-0.25, -0.2) is 4.79 Å². The smallest absolute Gasteiger partial charge is 0.337 e. The molecule has 2 aliphatic rings. The third kappa shape index (κ3) is 1.41. The first kappa shape index (κ1) is 13.0. The van der Waals surface area contributed by atoms with Gasteiger partial charge in [-0.2, -0.15) is 0 Å². The van der Waals surface area contributed by atoms with Crippen LogP contribution in [0.15, 0.2) is 11.1 Å². The minimum atomic E-state index is -2.16. The molecule has 0 radical (unpaired) electrons. The van der Waals surface area contributed by atoms with E-state index in [2.05, 4.69) is 4.74 Å². The molecule has 1 aliphatic heterocycles. The van der Waals surface area contributed by atoms with E-state index in [1.165, 1.54) is 6.92 Å². The van der Waals surface area contributed by atoms with Gasteiger partial charge in [-0.05, 0) is 12.5 Å². The Balaban J connectivity index is 2.54. The van der Waals surface area contributed by atoms with Gasteiger partial charge < -0.3 is 24.8 Å². The van der Waals surface area contributed by atoms with E-state index in [0.29, 0.717) is 0 Å². The van der Waals surface area contributed by atoms with Gasteiger partial charge >= 0.3 is 11.9 Å². The first-order chi connectivity index (χ1) is 8.35. The third-order valence-corrected chi connectivity index (χ3v) is 3.59. The van der Waals surface area contributed by atoms with Crippen LogP contribution in [0.25, 0.3) is 0 Å². The molecule has 7 nitrogen and oxygen atoms in total. The molecule has 0 spiro atoms. The van der Waals surface area contributed by atoms with Gasteiger partial charge in [-0.1, -0.05) is 0 Å². The Kier molecular flexibility index (Phi) is 2.92. The zero-order valence-corrected chi connectivity index (χ0v) is 9.91. The Hall–Kier alpha value is -1.44. The Morgan fingerprint density at radius 2 is 2.11 bits per heavy atom. The second-order valence-corrected chi connectivity index (χ2v) is 4.45. The SMILES string of the molecule is COC(=O)C1COC(=O)C2=C(C)C(O)C(O)C21O. The van der Waals surface area contributed by atoms with Gasteiger partial charge in [0.15, 0.2) is 0 Å². The first-order valence-corrected chi connectivity index (χ1v) is 5.40. The third-order valence-electron chi connectivity index (χ3n) is 3.59. The van der Waals surface area contributed by atoms with Crippen LogP contribution >= 0.6 is 0 Å². The molecule has 0 saturated carbocycles. The van der Waals surface area contributed by atoms with Crippen molar-refractivity contribution in [3.8, 4) is 0 Å². The summed E-state index contributed by atoms with van der Waals surface area (Å²) in [4.78, 5) is 23.2. The highest BCUT2D eigenvalue weighted by Gasteiger charge is 2.63. The Labute approximate surface area is 103 Å². The Morgan fingerprint density at radius 1 is 1.50 bits per heavy atom. The second-order valence-electron chi connectivity index (χ2n) is 4.45. The summed E-state index contributed by atoms with van der Waals surface area (Å²) in [6.45, 7) is 0.991. The molecule has 3 N–H and O–H groups in total. The quantitative estimate of drug-likeness (QED) is 0.471. The number of methoxy groups -OCH3 is 1.